The van der Waals surface area contributed by atoms with E-state index in [4.69, 9.17) is 0 Å². The van der Waals surface area contributed by atoms with Crippen LogP contribution in [0.15, 0.2) is 30.6 Å². The van der Waals surface area contributed by atoms with E-state index in [1.807, 2.05) is 24.3 Å². The van der Waals surface area contributed by atoms with Gasteiger partial charge in [-0.1, -0.05) is 23.9 Å². The van der Waals surface area contributed by atoms with Gasteiger partial charge in [0.05, 0.1) is 11.4 Å². The van der Waals surface area contributed by atoms with Gasteiger partial charge in [0, 0.05) is 25.1 Å². The second-order valence-electron chi connectivity index (χ2n) is 4.68. The van der Waals surface area contributed by atoms with Crippen LogP contribution in [0.25, 0.3) is 5.69 Å². The second-order valence-corrected chi connectivity index (χ2v) is 6.16. The molecule has 1 unspecified atom stereocenters. The predicted octanol–water partition coefficient (Wildman–Crippen LogP) is 1.05. The summed E-state index contributed by atoms with van der Waals surface area (Å²) >= 11 is 1.22. The molecule has 1 atom stereocenters. The van der Waals surface area contributed by atoms with E-state index in [9.17, 15) is 9.59 Å². The first kappa shape index (κ1) is 13.7. The van der Waals surface area contributed by atoms with Crippen LogP contribution in [0.5, 0.6) is 0 Å². The second kappa shape index (κ2) is 5.65. The quantitative estimate of drug-likeness (QED) is 0.843. The van der Waals surface area contributed by atoms with Gasteiger partial charge in [0.15, 0.2) is 5.12 Å². The van der Waals surface area contributed by atoms with Crippen molar-refractivity contribution in [3.05, 3.63) is 30.6 Å². The highest BCUT2D eigenvalue weighted by Gasteiger charge is 2.33. The number of aromatic nitrogens is 4. The molecule has 1 amide bonds. The number of carbonyl (C=O) groups is 2. The number of tetrazole rings is 1. The maximum Gasteiger partial charge on any atom is 0.228 e. The predicted molar refractivity (Wildman–Crippen MR) is 78.2 cm³/mol. The van der Waals surface area contributed by atoms with Gasteiger partial charge in [-0.2, -0.15) is 4.68 Å². The molecular weight excluding hydrogens is 290 g/mol. The highest BCUT2D eigenvalue weighted by Crippen LogP contribution is 2.31. The van der Waals surface area contributed by atoms with Crippen LogP contribution in [-0.2, 0) is 9.59 Å². The van der Waals surface area contributed by atoms with Crippen molar-refractivity contribution in [3.63, 3.8) is 0 Å². The standard InChI is InChI=1S/C13H13N5O2S/c1-9(19)21-10-6-13(20)17(7-10)11-4-2-3-5-12(11)18-8-14-15-16-18/h2-5,8,10H,6-7H2,1H3. The average Bonchev–Trinajstić information content (AvgIpc) is 3.08. The van der Waals surface area contributed by atoms with Crippen molar-refractivity contribution in [2.24, 2.45) is 0 Å². The molecule has 1 aromatic heterocycles. The van der Waals surface area contributed by atoms with Gasteiger partial charge >= 0.3 is 0 Å². The molecule has 0 aliphatic carbocycles. The molecule has 8 heteroatoms. The van der Waals surface area contributed by atoms with Crippen molar-refractivity contribution >= 4 is 28.5 Å². The van der Waals surface area contributed by atoms with E-state index in [1.165, 1.54) is 29.7 Å². The molecule has 0 spiro atoms. The lowest BCUT2D eigenvalue weighted by Crippen LogP contribution is -2.26. The molecule has 0 radical (unpaired) electrons. The van der Waals surface area contributed by atoms with Crippen LogP contribution in [-0.4, -0.2) is 43.0 Å². The Hall–Kier alpha value is -2.22. The Bertz CT molecular complexity index is 673. The molecule has 0 N–H and O–H groups in total. The minimum atomic E-state index is -0.00284. The van der Waals surface area contributed by atoms with Crippen LogP contribution < -0.4 is 4.90 Å². The zero-order chi connectivity index (χ0) is 14.8. The number of amides is 1. The van der Waals surface area contributed by atoms with Gasteiger partial charge in [-0.3, -0.25) is 9.59 Å². The molecule has 2 heterocycles. The van der Waals surface area contributed by atoms with Gasteiger partial charge in [0.25, 0.3) is 0 Å². The van der Waals surface area contributed by atoms with Crippen LogP contribution >= 0.6 is 11.8 Å². The fraction of sp³-hybridized carbons (Fsp3) is 0.308. The van der Waals surface area contributed by atoms with Gasteiger partial charge in [0.2, 0.25) is 5.91 Å². The minimum absolute atomic E-state index is 0.00284. The molecule has 1 aromatic carbocycles. The molecule has 0 bridgehead atoms. The van der Waals surface area contributed by atoms with Crippen molar-refractivity contribution in [1.82, 2.24) is 20.2 Å². The van der Waals surface area contributed by atoms with Gasteiger partial charge in [-0.25, -0.2) is 0 Å². The summed E-state index contributed by atoms with van der Waals surface area (Å²) in [6.45, 7) is 2.04. The van der Waals surface area contributed by atoms with Crippen LogP contribution in [0.1, 0.15) is 13.3 Å². The highest BCUT2D eigenvalue weighted by atomic mass is 32.2. The summed E-state index contributed by atoms with van der Waals surface area (Å²) < 4.78 is 1.52. The van der Waals surface area contributed by atoms with Gasteiger partial charge < -0.3 is 4.90 Å². The van der Waals surface area contributed by atoms with Gasteiger partial charge in [0.1, 0.15) is 6.33 Å². The van der Waals surface area contributed by atoms with E-state index in [0.717, 1.165) is 11.4 Å². The summed E-state index contributed by atoms with van der Waals surface area (Å²) in [4.78, 5) is 25.1. The molecule has 3 rings (SSSR count). The molecule has 21 heavy (non-hydrogen) atoms. The lowest BCUT2D eigenvalue weighted by molar-refractivity contribution is -0.117. The number of anilines is 1. The number of nitrogens with zero attached hydrogens (tertiary/aromatic N) is 5. The lowest BCUT2D eigenvalue weighted by atomic mass is 10.2. The topological polar surface area (TPSA) is 81.0 Å². The summed E-state index contributed by atoms with van der Waals surface area (Å²) in [5.74, 6) is 0.00859. The van der Waals surface area contributed by atoms with Crippen molar-refractivity contribution < 1.29 is 9.59 Å². The maximum atomic E-state index is 12.2. The summed E-state index contributed by atoms with van der Waals surface area (Å²) in [6, 6.07) is 7.44. The molecule has 1 aliphatic rings. The number of benzene rings is 1. The van der Waals surface area contributed by atoms with Crippen LogP contribution in [0.4, 0.5) is 5.69 Å². The van der Waals surface area contributed by atoms with Crippen LogP contribution in [0.2, 0.25) is 0 Å². The largest absolute Gasteiger partial charge is 0.309 e. The van der Waals surface area contributed by atoms with Gasteiger partial charge in [-0.15, -0.1) is 5.10 Å². The Morgan fingerprint density at radius 3 is 2.76 bits per heavy atom. The molecule has 108 valence electrons. The molecule has 0 saturated carbocycles. The zero-order valence-electron chi connectivity index (χ0n) is 11.3. The number of hydrogen-bond acceptors (Lipinski definition) is 6. The normalized spacial score (nSPS) is 18.2. The third-order valence-electron chi connectivity index (χ3n) is 3.19. The SMILES string of the molecule is CC(=O)SC1CC(=O)N(c2ccccc2-n2cnnn2)C1. The van der Waals surface area contributed by atoms with E-state index >= 15 is 0 Å². The van der Waals surface area contributed by atoms with Crippen LogP contribution in [0.3, 0.4) is 0 Å². The summed E-state index contributed by atoms with van der Waals surface area (Å²) in [7, 11) is 0. The van der Waals surface area contributed by atoms with E-state index in [2.05, 4.69) is 15.5 Å². The third-order valence-corrected chi connectivity index (χ3v) is 4.17. The summed E-state index contributed by atoms with van der Waals surface area (Å²) in [5, 5.41) is 11.1. The first-order valence-corrected chi connectivity index (χ1v) is 7.33. The molecule has 2 aromatic rings. The van der Waals surface area contributed by atoms with Crippen molar-refractivity contribution in [2.75, 3.05) is 11.4 Å². The number of thioether (sulfide) groups is 1. The maximum absolute atomic E-state index is 12.2. The number of carbonyl (C=O) groups excluding carboxylic acids is 2. The molecule has 1 saturated heterocycles. The zero-order valence-corrected chi connectivity index (χ0v) is 12.2. The Kier molecular flexibility index (Phi) is 3.70. The number of hydrogen-bond donors (Lipinski definition) is 0. The number of rotatable bonds is 3. The smallest absolute Gasteiger partial charge is 0.228 e. The molecular formula is C13H13N5O2S. The van der Waals surface area contributed by atoms with Crippen molar-refractivity contribution in [3.8, 4) is 5.69 Å². The first-order chi connectivity index (χ1) is 10.1. The fourth-order valence-electron chi connectivity index (χ4n) is 2.38. The van der Waals surface area contributed by atoms with E-state index in [-0.39, 0.29) is 16.3 Å². The van der Waals surface area contributed by atoms with Crippen LogP contribution in [0, 0.1) is 0 Å². The molecule has 1 aliphatic heterocycles. The summed E-state index contributed by atoms with van der Waals surface area (Å²) in [6.07, 6.45) is 1.86. The first-order valence-electron chi connectivity index (χ1n) is 6.45. The Morgan fingerprint density at radius 1 is 1.33 bits per heavy atom. The van der Waals surface area contributed by atoms with Crippen molar-refractivity contribution in [2.45, 2.75) is 18.6 Å². The lowest BCUT2D eigenvalue weighted by Gasteiger charge is -2.19. The van der Waals surface area contributed by atoms with E-state index < -0.39 is 0 Å². The fourth-order valence-corrected chi connectivity index (χ4v) is 3.30. The Labute approximate surface area is 125 Å². The molecule has 1 fully saturated rings. The van der Waals surface area contributed by atoms with Gasteiger partial charge in [-0.05, 0) is 22.6 Å². The monoisotopic (exact) mass is 303 g/mol. The van der Waals surface area contributed by atoms with Crippen molar-refractivity contribution in [1.29, 1.82) is 0 Å². The summed E-state index contributed by atoms with van der Waals surface area (Å²) in [5.41, 5.74) is 1.49. The van der Waals surface area contributed by atoms with E-state index in [0.29, 0.717) is 13.0 Å². The molecule has 7 nitrogen and oxygen atoms in total. The average molecular weight is 303 g/mol. The van der Waals surface area contributed by atoms with E-state index in [1.54, 1.807) is 4.90 Å². The Morgan fingerprint density at radius 2 is 2.10 bits per heavy atom. The Balaban J connectivity index is 1.91. The number of para-hydroxylation sites is 2. The minimum Gasteiger partial charge on any atom is -0.309 e. The third kappa shape index (κ3) is 2.80. The highest BCUT2D eigenvalue weighted by molar-refractivity contribution is 8.14.